The van der Waals surface area contributed by atoms with Crippen molar-refractivity contribution in [3.05, 3.63) is 35.4 Å². The summed E-state index contributed by atoms with van der Waals surface area (Å²) in [6.07, 6.45) is 3.70. The lowest BCUT2D eigenvalue weighted by Gasteiger charge is -2.32. The Hall–Kier alpha value is -1.55. The zero-order valence-corrected chi connectivity index (χ0v) is 15.6. The molecule has 1 aromatic carbocycles. The van der Waals surface area contributed by atoms with Gasteiger partial charge in [-0.1, -0.05) is 38.1 Å². The number of piperidine rings is 1. The standard InChI is InChI=1S/C20H34N4/c1-4-18-11-7-8-12-19(18)15-23-20(21-5-2)22-14-17-10-9-13-24(6-3)16-17/h7-8,11-12,17H,4-6,9-10,13-16H2,1-3H3,(H2,21,22,23). The van der Waals surface area contributed by atoms with Crippen LogP contribution in [0.2, 0.25) is 0 Å². The fourth-order valence-corrected chi connectivity index (χ4v) is 3.41. The first-order valence-corrected chi connectivity index (χ1v) is 9.58. The number of nitrogens with zero attached hydrogens (tertiary/aromatic N) is 2. The monoisotopic (exact) mass is 330 g/mol. The van der Waals surface area contributed by atoms with Gasteiger partial charge in [0.1, 0.15) is 0 Å². The van der Waals surface area contributed by atoms with Gasteiger partial charge in [-0.3, -0.25) is 0 Å². The third-order valence-electron chi connectivity index (χ3n) is 4.86. The fraction of sp³-hybridized carbons (Fsp3) is 0.650. The average Bonchev–Trinajstić information content (AvgIpc) is 2.64. The van der Waals surface area contributed by atoms with Crippen LogP contribution in [0.15, 0.2) is 29.3 Å². The van der Waals surface area contributed by atoms with Crippen LogP contribution in [0.1, 0.15) is 44.7 Å². The van der Waals surface area contributed by atoms with Gasteiger partial charge in [0.2, 0.25) is 0 Å². The molecule has 1 saturated heterocycles. The molecule has 0 aromatic heterocycles. The van der Waals surface area contributed by atoms with Crippen molar-refractivity contribution in [2.45, 2.75) is 46.6 Å². The summed E-state index contributed by atoms with van der Waals surface area (Å²) in [7, 11) is 0. The first kappa shape index (κ1) is 18.8. The average molecular weight is 331 g/mol. The number of hydrogen-bond acceptors (Lipinski definition) is 2. The van der Waals surface area contributed by atoms with E-state index in [1.165, 1.54) is 43.6 Å². The summed E-state index contributed by atoms with van der Waals surface area (Å²) in [4.78, 5) is 7.35. The molecule has 134 valence electrons. The highest BCUT2D eigenvalue weighted by molar-refractivity contribution is 5.79. The van der Waals surface area contributed by atoms with Crippen molar-refractivity contribution in [2.24, 2.45) is 10.9 Å². The largest absolute Gasteiger partial charge is 0.357 e. The maximum Gasteiger partial charge on any atom is 0.191 e. The Morgan fingerprint density at radius 3 is 2.67 bits per heavy atom. The van der Waals surface area contributed by atoms with Crippen molar-refractivity contribution in [1.29, 1.82) is 0 Å². The third kappa shape index (κ3) is 5.82. The second-order valence-corrected chi connectivity index (χ2v) is 6.60. The molecule has 24 heavy (non-hydrogen) atoms. The van der Waals surface area contributed by atoms with Gasteiger partial charge >= 0.3 is 0 Å². The van der Waals surface area contributed by atoms with E-state index < -0.39 is 0 Å². The summed E-state index contributed by atoms with van der Waals surface area (Å²) in [6.45, 7) is 12.9. The maximum atomic E-state index is 4.80. The molecule has 1 aliphatic rings. The predicted octanol–water partition coefficient (Wildman–Crippen LogP) is 3.04. The van der Waals surface area contributed by atoms with Crippen molar-refractivity contribution in [3.8, 4) is 0 Å². The van der Waals surface area contributed by atoms with E-state index >= 15 is 0 Å². The zero-order valence-electron chi connectivity index (χ0n) is 15.6. The number of nitrogens with one attached hydrogen (secondary N) is 2. The highest BCUT2D eigenvalue weighted by atomic mass is 15.2. The Bertz CT molecular complexity index is 512. The minimum atomic E-state index is 0.727. The number of rotatable bonds is 7. The molecule has 4 heteroatoms. The minimum Gasteiger partial charge on any atom is -0.357 e. The maximum absolute atomic E-state index is 4.80. The van der Waals surface area contributed by atoms with Crippen LogP contribution < -0.4 is 10.6 Å². The highest BCUT2D eigenvalue weighted by Crippen LogP contribution is 2.15. The lowest BCUT2D eigenvalue weighted by atomic mass is 9.98. The summed E-state index contributed by atoms with van der Waals surface area (Å²) >= 11 is 0. The lowest BCUT2D eigenvalue weighted by molar-refractivity contribution is 0.183. The van der Waals surface area contributed by atoms with Crippen molar-refractivity contribution in [1.82, 2.24) is 15.5 Å². The lowest BCUT2D eigenvalue weighted by Crippen LogP contribution is -2.44. The SMILES string of the molecule is CCNC(=NCc1ccccc1CC)NCC1CCCN(CC)C1. The summed E-state index contributed by atoms with van der Waals surface area (Å²) in [6, 6.07) is 8.60. The Morgan fingerprint density at radius 2 is 1.96 bits per heavy atom. The number of guanidine groups is 1. The van der Waals surface area contributed by atoms with Crippen molar-refractivity contribution in [3.63, 3.8) is 0 Å². The molecular formula is C20H34N4. The summed E-state index contributed by atoms with van der Waals surface area (Å²) in [5.41, 5.74) is 2.72. The topological polar surface area (TPSA) is 39.7 Å². The molecule has 0 amide bonds. The minimum absolute atomic E-state index is 0.727. The van der Waals surface area contributed by atoms with Crippen LogP contribution in [0.4, 0.5) is 0 Å². The molecule has 0 bridgehead atoms. The number of aryl methyl sites for hydroxylation is 1. The Kier molecular flexibility index (Phi) is 8.10. The molecule has 0 saturated carbocycles. The number of benzene rings is 1. The van der Waals surface area contributed by atoms with Crippen LogP contribution in [-0.4, -0.2) is 43.6 Å². The molecule has 0 spiro atoms. The second-order valence-electron chi connectivity index (χ2n) is 6.60. The normalized spacial score (nSPS) is 19.3. The van der Waals surface area contributed by atoms with Crippen LogP contribution in [0.25, 0.3) is 0 Å². The molecule has 1 unspecified atom stereocenters. The van der Waals surface area contributed by atoms with Gasteiger partial charge in [0.15, 0.2) is 5.96 Å². The molecule has 0 aliphatic carbocycles. The van der Waals surface area contributed by atoms with E-state index in [1.807, 2.05) is 0 Å². The zero-order chi connectivity index (χ0) is 17.2. The van der Waals surface area contributed by atoms with Gasteiger partial charge in [-0.05, 0) is 56.3 Å². The molecule has 1 aliphatic heterocycles. The Labute approximate surface area is 147 Å². The van der Waals surface area contributed by atoms with Crippen LogP contribution in [-0.2, 0) is 13.0 Å². The summed E-state index contributed by atoms with van der Waals surface area (Å²) in [5, 5.41) is 6.94. The van der Waals surface area contributed by atoms with Crippen LogP contribution in [0.3, 0.4) is 0 Å². The number of aliphatic imine (C=N–C) groups is 1. The number of likely N-dealkylation sites (tertiary alicyclic amines) is 1. The third-order valence-corrected chi connectivity index (χ3v) is 4.86. The summed E-state index contributed by atoms with van der Waals surface area (Å²) < 4.78 is 0. The van der Waals surface area contributed by atoms with E-state index in [-0.39, 0.29) is 0 Å². The van der Waals surface area contributed by atoms with E-state index in [1.54, 1.807) is 0 Å². The van der Waals surface area contributed by atoms with Gasteiger partial charge in [-0.2, -0.15) is 0 Å². The molecule has 1 fully saturated rings. The van der Waals surface area contributed by atoms with E-state index in [0.717, 1.165) is 37.9 Å². The van der Waals surface area contributed by atoms with Crippen molar-refractivity contribution in [2.75, 3.05) is 32.7 Å². The van der Waals surface area contributed by atoms with Gasteiger partial charge < -0.3 is 15.5 Å². The predicted molar refractivity (Wildman–Crippen MR) is 103 cm³/mol. The van der Waals surface area contributed by atoms with Crippen molar-refractivity contribution >= 4 is 5.96 Å². The van der Waals surface area contributed by atoms with Gasteiger partial charge in [0, 0.05) is 19.6 Å². The van der Waals surface area contributed by atoms with Gasteiger partial charge in [0.25, 0.3) is 0 Å². The molecule has 1 heterocycles. The summed E-state index contributed by atoms with van der Waals surface area (Å²) in [5.74, 6) is 1.67. The molecule has 4 nitrogen and oxygen atoms in total. The van der Waals surface area contributed by atoms with Crippen LogP contribution in [0, 0.1) is 5.92 Å². The fourth-order valence-electron chi connectivity index (χ4n) is 3.41. The van der Waals surface area contributed by atoms with Gasteiger partial charge in [-0.15, -0.1) is 0 Å². The van der Waals surface area contributed by atoms with Crippen LogP contribution in [0.5, 0.6) is 0 Å². The first-order chi connectivity index (χ1) is 11.8. The molecule has 2 N–H and O–H groups in total. The molecule has 0 radical (unpaired) electrons. The van der Waals surface area contributed by atoms with E-state index in [4.69, 9.17) is 4.99 Å². The van der Waals surface area contributed by atoms with Gasteiger partial charge in [0.05, 0.1) is 6.54 Å². The Balaban J connectivity index is 1.90. The first-order valence-electron chi connectivity index (χ1n) is 9.58. The Morgan fingerprint density at radius 1 is 1.17 bits per heavy atom. The van der Waals surface area contributed by atoms with Gasteiger partial charge in [-0.25, -0.2) is 4.99 Å². The van der Waals surface area contributed by atoms with E-state index in [9.17, 15) is 0 Å². The van der Waals surface area contributed by atoms with E-state index in [2.05, 4.69) is 60.6 Å². The highest BCUT2D eigenvalue weighted by Gasteiger charge is 2.18. The quantitative estimate of drug-likeness (QED) is 0.596. The molecule has 1 atom stereocenters. The smallest absolute Gasteiger partial charge is 0.191 e. The van der Waals surface area contributed by atoms with Crippen molar-refractivity contribution < 1.29 is 0 Å². The second kappa shape index (κ2) is 10.3. The molecule has 1 aromatic rings. The molecular weight excluding hydrogens is 296 g/mol. The van der Waals surface area contributed by atoms with E-state index in [0.29, 0.717) is 0 Å². The molecule has 2 rings (SSSR count). The number of hydrogen-bond donors (Lipinski definition) is 2. The van der Waals surface area contributed by atoms with Crippen LogP contribution >= 0.6 is 0 Å².